The van der Waals surface area contributed by atoms with Crippen LogP contribution in [-0.4, -0.2) is 71.4 Å². The van der Waals surface area contributed by atoms with Gasteiger partial charge in [0.2, 0.25) is 0 Å². The van der Waals surface area contributed by atoms with Crippen molar-refractivity contribution in [1.29, 1.82) is 0 Å². The molecule has 1 heterocycles. The minimum Gasteiger partial charge on any atom is -0.466 e. The first-order chi connectivity index (χ1) is 12.7. The predicted molar refractivity (Wildman–Crippen MR) is 110 cm³/mol. The van der Waals surface area contributed by atoms with Gasteiger partial charge < -0.3 is 23.5 Å². The number of hydrogen-bond acceptors (Lipinski definition) is 6. The summed E-state index contributed by atoms with van der Waals surface area (Å²) in [4.78, 5) is 14.2. The summed E-state index contributed by atoms with van der Waals surface area (Å²) in [6.45, 7) is 13.2. The van der Waals surface area contributed by atoms with Crippen molar-refractivity contribution in [2.45, 2.75) is 70.8 Å². The maximum atomic E-state index is 11.9. The van der Waals surface area contributed by atoms with Gasteiger partial charge in [-0.05, 0) is 45.3 Å². The Morgan fingerprint density at radius 1 is 1.19 bits per heavy atom. The average molecular weight is 402 g/mol. The third kappa shape index (κ3) is 7.21. The van der Waals surface area contributed by atoms with E-state index in [9.17, 15) is 4.79 Å². The van der Waals surface area contributed by atoms with E-state index in [1.165, 1.54) is 7.11 Å². The fraction of sp³-hybridized carbons (Fsp3) is 0.850. The molecular formula is C20H39NO5Si. The second-order valence-corrected chi connectivity index (χ2v) is 12.5. The Morgan fingerprint density at radius 2 is 1.85 bits per heavy atom. The second-order valence-electron chi connectivity index (χ2n) is 8.00. The molecule has 1 aliphatic heterocycles. The lowest BCUT2D eigenvalue weighted by Gasteiger charge is -2.42. The molecule has 0 radical (unpaired) electrons. The van der Waals surface area contributed by atoms with Crippen molar-refractivity contribution in [2.75, 3.05) is 40.6 Å². The molecule has 0 unspecified atom stereocenters. The predicted octanol–water partition coefficient (Wildman–Crippen LogP) is 3.58. The first kappa shape index (κ1) is 24.1. The summed E-state index contributed by atoms with van der Waals surface area (Å²) in [5, 5.41) is 0. The van der Waals surface area contributed by atoms with E-state index in [0.717, 1.165) is 37.9 Å². The molecular weight excluding hydrogens is 362 g/mol. The maximum Gasteiger partial charge on any atom is 0.332 e. The molecule has 0 spiro atoms. The van der Waals surface area contributed by atoms with E-state index in [1.54, 1.807) is 13.2 Å². The van der Waals surface area contributed by atoms with Crippen LogP contribution in [0.5, 0.6) is 0 Å². The van der Waals surface area contributed by atoms with Crippen molar-refractivity contribution >= 4 is 14.3 Å². The Labute approximate surface area is 166 Å². The van der Waals surface area contributed by atoms with Crippen molar-refractivity contribution in [1.82, 2.24) is 4.90 Å². The van der Waals surface area contributed by atoms with Gasteiger partial charge in [0.1, 0.15) is 0 Å². The topological polar surface area (TPSA) is 57.2 Å². The molecule has 0 aromatic rings. The van der Waals surface area contributed by atoms with Gasteiger partial charge in [-0.15, -0.1) is 0 Å². The Hall–Kier alpha value is -0.893. The van der Waals surface area contributed by atoms with Gasteiger partial charge in [0.05, 0.1) is 38.6 Å². The Morgan fingerprint density at radius 3 is 2.37 bits per heavy atom. The van der Waals surface area contributed by atoms with Crippen LogP contribution in [0.3, 0.4) is 0 Å². The monoisotopic (exact) mass is 401 g/mol. The van der Waals surface area contributed by atoms with Gasteiger partial charge in [0.25, 0.3) is 0 Å². The molecule has 1 aliphatic rings. The highest BCUT2D eigenvalue weighted by Gasteiger charge is 2.42. The molecule has 158 valence electrons. The molecule has 27 heavy (non-hydrogen) atoms. The standard InChI is InChI=1S/C20H39NO5Si/c1-8-20(9-2,24-4)18-11-10-12-21(18)17(15-19(22)23-3)16-25-13-14-26-27(5,6)7/h15,18H,8-14,16H2,1-7H3/b17-15+/t18-/m0/s1. The second kappa shape index (κ2) is 11.2. The van der Waals surface area contributed by atoms with Crippen LogP contribution in [0.2, 0.25) is 19.6 Å². The summed E-state index contributed by atoms with van der Waals surface area (Å²) in [6, 6.07) is 0.232. The first-order valence-electron chi connectivity index (χ1n) is 10.0. The maximum absolute atomic E-state index is 11.9. The molecule has 0 bridgehead atoms. The van der Waals surface area contributed by atoms with Gasteiger partial charge in [-0.25, -0.2) is 4.79 Å². The molecule has 0 saturated carbocycles. The van der Waals surface area contributed by atoms with Gasteiger partial charge in [0.15, 0.2) is 8.32 Å². The zero-order valence-corrected chi connectivity index (χ0v) is 19.3. The molecule has 1 rings (SSSR count). The SMILES string of the molecule is CCC(CC)(OC)[C@@H]1CCCN1/C(=C/C(=O)OC)COCCO[Si](C)(C)C. The minimum atomic E-state index is -1.54. The number of carbonyl (C=O) groups excluding carboxylic acids is 1. The summed E-state index contributed by atoms with van der Waals surface area (Å²) in [5.74, 6) is -0.353. The number of carbonyl (C=O) groups is 1. The van der Waals surface area contributed by atoms with Crippen molar-refractivity contribution in [3.63, 3.8) is 0 Å². The normalized spacial score (nSPS) is 18.9. The van der Waals surface area contributed by atoms with Crippen LogP contribution >= 0.6 is 0 Å². The zero-order valence-electron chi connectivity index (χ0n) is 18.3. The first-order valence-corrected chi connectivity index (χ1v) is 13.5. The number of hydrogen-bond donors (Lipinski definition) is 0. The van der Waals surface area contributed by atoms with E-state index in [-0.39, 0.29) is 17.6 Å². The zero-order chi connectivity index (χ0) is 20.5. The van der Waals surface area contributed by atoms with E-state index in [2.05, 4.69) is 38.4 Å². The lowest BCUT2D eigenvalue weighted by Crippen LogP contribution is -2.50. The summed E-state index contributed by atoms with van der Waals surface area (Å²) in [6.07, 6.45) is 5.54. The minimum absolute atomic E-state index is 0.216. The number of nitrogens with zero attached hydrogens (tertiary/aromatic N) is 1. The van der Waals surface area contributed by atoms with E-state index < -0.39 is 8.32 Å². The van der Waals surface area contributed by atoms with E-state index in [4.69, 9.17) is 18.6 Å². The van der Waals surface area contributed by atoms with Gasteiger partial charge in [-0.1, -0.05) is 13.8 Å². The number of esters is 1. The Balaban J connectivity index is 2.86. The summed E-state index contributed by atoms with van der Waals surface area (Å²) >= 11 is 0. The fourth-order valence-corrected chi connectivity index (χ4v) is 4.49. The third-order valence-corrected chi connectivity index (χ3v) is 6.40. The average Bonchev–Trinajstić information content (AvgIpc) is 3.11. The molecule has 0 amide bonds. The van der Waals surface area contributed by atoms with E-state index in [0.29, 0.717) is 19.8 Å². The Bertz CT molecular complexity index is 477. The summed E-state index contributed by atoms with van der Waals surface area (Å²) < 4.78 is 22.5. The number of ether oxygens (including phenoxy) is 3. The highest BCUT2D eigenvalue weighted by atomic mass is 28.4. The highest BCUT2D eigenvalue weighted by Crippen LogP contribution is 2.36. The van der Waals surface area contributed by atoms with Gasteiger partial charge >= 0.3 is 5.97 Å². The van der Waals surface area contributed by atoms with Crippen LogP contribution in [0.1, 0.15) is 39.5 Å². The van der Waals surface area contributed by atoms with Crippen LogP contribution in [0, 0.1) is 0 Å². The lowest BCUT2D eigenvalue weighted by atomic mass is 9.86. The van der Waals surface area contributed by atoms with E-state index in [1.807, 2.05) is 0 Å². The summed E-state index contributed by atoms with van der Waals surface area (Å²) in [7, 11) is 1.65. The molecule has 0 aromatic heterocycles. The van der Waals surface area contributed by atoms with Gasteiger partial charge in [-0.2, -0.15) is 0 Å². The van der Waals surface area contributed by atoms with Gasteiger partial charge in [0, 0.05) is 25.4 Å². The quantitative estimate of drug-likeness (QED) is 0.216. The summed E-state index contributed by atoms with van der Waals surface area (Å²) in [5.41, 5.74) is 0.646. The number of rotatable bonds is 12. The molecule has 0 aliphatic carbocycles. The number of likely N-dealkylation sites (tertiary alicyclic amines) is 1. The molecule has 1 atom stereocenters. The van der Waals surface area contributed by atoms with Gasteiger partial charge in [-0.3, -0.25) is 0 Å². The molecule has 1 saturated heterocycles. The highest BCUT2D eigenvalue weighted by molar-refractivity contribution is 6.69. The van der Waals surface area contributed by atoms with Crippen molar-refractivity contribution in [3.05, 3.63) is 11.8 Å². The van der Waals surface area contributed by atoms with Crippen molar-refractivity contribution in [2.24, 2.45) is 0 Å². The largest absolute Gasteiger partial charge is 0.466 e. The molecule has 1 fully saturated rings. The van der Waals surface area contributed by atoms with Crippen LogP contribution < -0.4 is 0 Å². The van der Waals surface area contributed by atoms with Crippen LogP contribution in [0.25, 0.3) is 0 Å². The third-order valence-electron chi connectivity index (χ3n) is 5.33. The van der Waals surface area contributed by atoms with E-state index >= 15 is 0 Å². The smallest absolute Gasteiger partial charge is 0.332 e. The Kier molecular flexibility index (Phi) is 10.0. The van der Waals surface area contributed by atoms with Crippen LogP contribution in [-0.2, 0) is 23.4 Å². The van der Waals surface area contributed by atoms with Crippen molar-refractivity contribution in [3.8, 4) is 0 Å². The van der Waals surface area contributed by atoms with Crippen molar-refractivity contribution < 1.29 is 23.4 Å². The molecule has 0 aromatic carbocycles. The fourth-order valence-electron chi connectivity index (χ4n) is 3.79. The lowest BCUT2D eigenvalue weighted by molar-refractivity contribution is -0.135. The molecule has 0 N–H and O–H groups in total. The number of methoxy groups -OCH3 is 2. The van der Waals surface area contributed by atoms with Crippen LogP contribution in [0.15, 0.2) is 11.8 Å². The molecule has 6 nitrogen and oxygen atoms in total. The van der Waals surface area contributed by atoms with Crippen LogP contribution in [0.4, 0.5) is 0 Å². The molecule has 7 heteroatoms.